The van der Waals surface area contributed by atoms with Crippen molar-refractivity contribution in [1.82, 2.24) is 0 Å². The van der Waals surface area contributed by atoms with Gasteiger partial charge in [-0.2, -0.15) is 13.2 Å². The van der Waals surface area contributed by atoms with Gasteiger partial charge in [0.05, 0.1) is 0 Å². The maximum atomic E-state index is 12.1. The van der Waals surface area contributed by atoms with Crippen molar-refractivity contribution in [3.63, 3.8) is 0 Å². The molecule has 88 valence electrons. The summed E-state index contributed by atoms with van der Waals surface area (Å²) < 4.78 is 36.3. The number of alkyl halides is 3. The molecule has 0 aliphatic rings. The van der Waals surface area contributed by atoms with Crippen LogP contribution in [-0.4, -0.2) is 17.1 Å². The van der Waals surface area contributed by atoms with Crippen molar-refractivity contribution in [1.29, 1.82) is 0 Å². The van der Waals surface area contributed by atoms with Gasteiger partial charge in [-0.1, -0.05) is 26.0 Å². The first-order chi connectivity index (χ1) is 7.23. The molecule has 0 aliphatic carbocycles. The third kappa shape index (κ3) is 2.53. The van der Waals surface area contributed by atoms with Crippen LogP contribution in [0.15, 0.2) is 18.2 Å². The van der Waals surface area contributed by atoms with Crippen LogP contribution in [0.1, 0.15) is 35.7 Å². The molecule has 5 heteroatoms. The minimum Gasteiger partial charge on any atom is -0.508 e. The summed E-state index contributed by atoms with van der Waals surface area (Å²) in [6.07, 6.45) is -4.91. The molecule has 16 heavy (non-hydrogen) atoms. The van der Waals surface area contributed by atoms with Gasteiger partial charge >= 0.3 is 6.18 Å². The van der Waals surface area contributed by atoms with Crippen molar-refractivity contribution in [2.24, 2.45) is 0 Å². The zero-order valence-corrected chi connectivity index (χ0v) is 8.80. The van der Waals surface area contributed by atoms with Crippen LogP contribution in [0.5, 0.6) is 5.75 Å². The molecule has 0 spiro atoms. The Balaban J connectivity index is 3.12. The largest absolute Gasteiger partial charge is 0.508 e. The summed E-state index contributed by atoms with van der Waals surface area (Å²) in [6, 6.07) is 3.26. The van der Waals surface area contributed by atoms with Crippen LogP contribution < -0.4 is 0 Å². The molecule has 0 saturated carbocycles. The standard InChI is InChI=1S/C11H11F3O2/c1-6(2)8-4-3-7(5-9(8)15)10(16)11(12,13)14/h3-6,15H,1-2H3. The topological polar surface area (TPSA) is 37.3 Å². The Morgan fingerprint density at radius 1 is 1.31 bits per heavy atom. The fraction of sp³-hybridized carbons (Fsp3) is 0.364. The third-order valence-corrected chi connectivity index (χ3v) is 2.17. The number of aromatic hydroxyl groups is 1. The number of hydrogen-bond donors (Lipinski definition) is 1. The maximum absolute atomic E-state index is 12.1. The smallest absolute Gasteiger partial charge is 0.454 e. The summed E-state index contributed by atoms with van der Waals surface area (Å²) in [5.41, 5.74) is -0.0341. The second kappa shape index (κ2) is 4.15. The van der Waals surface area contributed by atoms with Crippen LogP contribution in [0.4, 0.5) is 13.2 Å². The molecule has 0 bridgehead atoms. The van der Waals surface area contributed by atoms with Crippen LogP contribution in [0.3, 0.4) is 0 Å². The molecule has 1 rings (SSSR count). The van der Waals surface area contributed by atoms with Gasteiger partial charge in [-0.25, -0.2) is 0 Å². The van der Waals surface area contributed by atoms with Gasteiger partial charge in [0.25, 0.3) is 5.78 Å². The van der Waals surface area contributed by atoms with E-state index in [0.717, 1.165) is 12.1 Å². The summed E-state index contributed by atoms with van der Waals surface area (Å²) in [5, 5.41) is 9.46. The van der Waals surface area contributed by atoms with E-state index in [-0.39, 0.29) is 11.7 Å². The molecule has 0 unspecified atom stereocenters. The second-order valence-corrected chi connectivity index (χ2v) is 3.76. The summed E-state index contributed by atoms with van der Waals surface area (Å²) in [4.78, 5) is 10.9. The summed E-state index contributed by atoms with van der Waals surface area (Å²) >= 11 is 0. The summed E-state index contributed by atoms with van der Waals surface area (Å²) in [6.45, 7) is 3.58. The first-order valence-electron chi connectivity index (χ1n) is 4.68. The van der Waals surface area contributed by atoms with E-state index >= 15 is 0 Å². The molecule has 0 aromatic heterocycles. The van der Waals surface area contributed by atoms with Gasteiger partial charge in [0.15, 0.2) is 0 Å². The zero-order valence-electron chi connectivity index (χ0n) is 8.80. The van der Waals surface area contributed by atoms with Crippen molar-refractivity contribution >= 4 is 5.78 Å². The second-order valence-electron chi connectivity index (χ2n) is 3.76. The number of benzene rings is 1. The number of halogens is 3. The van der Waals surface area contributed by atoms with Crippen LogP contribution in [0, 0.1) is 0 Å². The Morgan fingerprint density at radius 3 is 2.25 bits per heavy atom. The number of carbonyl (C=O) groups is 1. The molecule has 0 atom stereocenters. The Morgan fingerprint density at radius 2 is 1.88 bits per heavy atom. The van der Waals surface area contributed by atoms with E-state index in [1.807, 2.05) is 0 Å². The molecule has 0 radical (unpaired) electrons. The first-order valence-corrected chi connectivity index (χ1v) is 4.68. The van der Waals surface area contributed by atoms with Gasteiger partial charge in [-0.05, 0) is 17.5 Å². The van der Waals surface area contributed by atoms with Gasteiger partial charge in [0.1, 0.15) is 5.75 Å². The van der Waals surface area contributed by atoms with Crippen LogP contribution in [-0.2, 0) is 0 Å². The number of phenols is 1. The monoisotopic (exact) mass is 232 g/mol. The van der Waals surface area contributed by atoms with E-state index in [4.69, 9.17) is 0 Å². The summed E-state index contributed by atoms with van der Waals surface area (Å²) in [5.74, 6) is -2.25. The van der Waals surface area contributed by atoms with Gasteiger partial charge in [0.2, 0.25) is 0 Å². The van der Waals surface area contributed by atoms with Crippen molar-refractivity contribution in [2.45, 2.75) is 25.9 Å². The Bertz CT molecular complexity index is 408. The number of rotatable bonds is 2. The number of ketones is 1. The average Bonchev–Trinajstić information content (AvgIpc) is 2.14. The number of Topliss-reactive ketones (excluding diaryl/α,β-unsaturated/α-hetero) is 1. The van der Waals surface area contributed by atoms with Gasteiger partial charge in [0, 0.05) is 5.56 Å². The van der Waals surface area contributed by atoms with Crippen LogP contribution in [0.2, 0.25) is 0 Å². The molecular formula is C11H11F3O2. The lowest BCUT2D eigenvalue weighted by molar-refractivity contribution is -0.0885. The fourth-order valence-electron chi connectivity index (χ4n) is 1.34. The molecule has 0 fully saturated rings. The number of phenolic OH excluding ortho intramolecular Hbond substituents is 1. The molecule has 1 N–H and O–H groups in total. The van der Waals surface area contributed by atoms with Crippen molar-refractivity contribution in [2.75, 3.05) is 0 Å². The van der Waals surface area contributed by atoms with Crippen molar-refractivity contribution in [3.05, 3.63) is 29.3 Å². The van der Waals surface area contributed by atoms with E-state index < -0.39 is 17.5 Å². The fourth-order valence-corrected chi connectivity index (χ4v) is 1.34. The lowest BCUT2D eigenvalue weighted by atomic mass is 9.99. The van der Waals surface area contributed by atoms with Gasteiger partial charge < -0.3 is 5.11 Å². The molecule has 0 heterocycles. The highest BCUT2D eigenvalue weighted by Gasteiger charge is 2.39. The third-order valence-electron chi connectivity index (χ3n) is 2.17. The lowest BCUT2D eigenvalue weighted by Gasteiger charge is -2.10. The van der Waals surface area contributed by atoms with E-state index in [2.05, 4.69) is 0 Å². The highest BCUT2D eigenvalue weighted by atomic mass is 19.4. The predicted octanol–water partition coefficient (Wildman–Crippen LogP) is 3.26. The highest BCUT2D eigenvalue weighted by Crippen LogP contribution is 2.29. The Labute approximate surface area is 90.7 Å². The van der Waals surface area contributed by atoms with Crippen molar-refractivity contribution < 1.29 is 23.1 Å². The molecule has 0 amide bonds. The number of hydrogen-bond acceptors (Lipinski definition) is 2. The Hall–Kier alpha value is -1.52. The first kappa shape index (κ1) is 12.5. The molecule has 1 aromatic carbocycles. The molecule has 2 nitrogen and oxygen atoms in total. The molecular weight excluding hydrogens is 221 g/mol. The van der Waals surface area contributed by atoms with Gasteiger partial charge in [-0.3, -0.25) is 4.79 Å². The molecule has 1 aromatic rings. The summed E-state index contributed by atoms with van der Waals surface area (Å²) in [7, 11) is 0. The molecule has 0 aliphatic heterocycles. The van der Waals surface area contributed by atoms with E-state index in [9.17, 15) is 23.1 Å². The van der Waals surface area contributed by atoms with Crippen LogP contribution in [0.25, 0.3) is 0 Å². The highest BCUT2D eigenvalue weighted by molar-refractivity contribution is 6.00. The minimum absolute atomic E-state index is 0.0185. The Kier molecular flexibility index (Phi) is 3.26. The lowest BCUT2D eigenvalue weighted by Crippen LogP contribution is -2.22. The zero-order chi connectivity index (χ0) is 12.5. The minimum atomic E-state index is -4.91. The van der Waals surface area contributed by atoms with E-state index in [1.54, 1.807) is 13.8 Å². The SMILES string of the molecule is CC(C)c1ccc(C(=O)C(F)(F)F)cc1O. The number of carbonyl (C=O) groups excluding carboxylic acids is 1. The van der Waals surface area contributed by atoms with E-state index in [1.165, 1.54) is 6.07 Å². The van der Waals surface area contributed by atoms with Crippen molar-refractivity contribution in [3.8, 4) is 5.75 Å². The predicted molar refractivity (Wildman–Crippen MR) is 52.6 cm³/mol. The normalized spacial score (nSPS) is 11.9. The maximum Gasteiger partial charge on any atom is 0.454 e. The van der Waals surface area contributed by atoms with E-state index in [0.29, 0.717) is 5.56 Å². The van der Waals surface area contributed by atoms with Crippen LogP contribution >= 0.6 is 0 Å². The quantitative estimate of drug-likeness (QED) is 0.794. The van der Waals surface area contributed by atoms with Gasteiger partial charge in [-0.15, -0.1) is 0 Å². The average molecular weight is 232 g/mol. The molecule has 0 saturated heterocycles.